The summed E-state index contributed by atoms with van der Waals surface area (Å²) in [5, 5.41) is 0. The molecular weight excluding hydrogens is 240 g/mol. The van der Waals surface area contributed by atoms with Crippen LogP contribution in [0.3, 0.4) is 0 Å². The van der Waals surface area contributed by atoms with Gasteiger partial charge in [-0.05, 0) is 30.0 Å². The Morgan fingerprint density at radius 3 is 2.95 bits per heavy atom. The molecule has 106 valence electrons. The molecule has 0 aromatic heterocycles. The molecule has 0 fully saturated rings. The summed E-state index contributed by atoms with van der Waals surface area (Å²) >= 11 is 0. The van der Waals surface area contributed by atoms with Crippen molar-refractivity contribution >= 4 is 5.69 Å². The van der Waals surface area contributed by atoms with Gasteiger partial charge in [0, 0.05) is 32.4 Å². The predicted octanol–water partition coefficient (Wildman–Crippen LogP) is 1.56. The molecule has 0 spiro atoms. The number of benzene rings is 1. The van der Waals surface area contributed by atoms with Gasteiger partial charge in [-0.2, -0.15) is 0 Å². The number of rotatable bonds is 7. The van der Waals surface area contributed by atoms with Crippen molar-refractivity contribution in [2.75, 3.05) is 44.9 Å². The number of ether oxygens (including phenoxy) is 2. The van der Waals surface area contributed by atoms with Crippen LogP contribution in [0.1, 0.15) is 17.5 Å². The van der Waals surface area contributed by atoms with E-state index in [4.69, 9.17) is 15.2 Å². The van der Waals surface area contributed by atoms with Crippen LogP contribution in [-0.4, -0.2) is 40.0 Å². The molecule has 0 aliphatic carbocycles. The number of hydrogen-bond acceptors (Lipinski definition) is 4. The number of anilines is 1. The van der Waals surface area contributed by atoms with Crippen LogP contribution in [0.15, 0.2) is 18.2 Å². The summed E-state index contributed by atoms with van der Waals surface area (Å²) in [7, 11) is 1.69. The highest BCUT2D eigenvalue weighted by atomic mass is 16.5. The normalized spacial score (nSPS) is 14.5. The summed E-state index contributed by atoms with van der Waals surface area (Å²) in [6, 6.07) is 6.57. The lowest BCUT2D eigenvalue weighted by molar-refractivity contribution is 0.0739. The second kappa shape index (κ2) is 7.48. The van der Waals surface area contributed by atoms with Crippen LogP contribution in [-0.2, 0) is 22.4 Å². The molecule has 0 amide bonds. The first-order valence-electron chi connectivity index (χ1n) is 6.98. The van der Waals surface area contributed by atoms with E-state index in [0.29, 0.717) is 19.8 Å². The number of nitrogens with two attached hydrogens (primary N) is 1. The Kier molecular flexibility index (Phi) is 5.63. The topological polar surface area (TPSA) is 47.7 Å². The van der Waals surface area contributed by atoms with E-state index in [1.54, 1.807) is 7.11 Å². The second-order valence-electron chi connectivity index (χ2n) is 4.86. The Balaban J connectivity index is 1.90. The van der Waals surface area contributed by atoms with Gasteiger partial charge in [-0.1, -0.05) is 12.1 Å². The molecule has 19 heavy (non-hydrogen) atoms. The number of methoxy groups -OCH3 is 1. The lowest BCUT2D eigenvalue weighted by Gasteiger charge is -2.31. The summed E-state index contributed by atoms with van der Waals surface area (Å²) in [6.45, 7) is 4.76. The van der Waals surface area contributed by atoms with Crippen molar-refractivity contribution in [1.29, 1.82) is 0 Å². The number of aryl methyl sites for hydroxylation is 1. The molecule has 2 N–H and O–H groups in total. The van der Waals surface area contributed by atoms with Crippen molar-refractivity contribution in [1.82, 2.24) is 0 Å². The molecule has 1 aliphatic heterocycles. The van der Waals surface area contributed by atoms with Gasteiger partial charge in [-0.25, -0.2) is 0 Å². The van der Waals surface area contributed by atoms with Gasteiger partial charge in [0.05, 0.1) is 19.8 Å². The third-order valence-corrected chi connectivity index (χ3v) is 3.53. The SMILES string of the molecule is COCCOCCN1CCCc2cc(CN)ccc21. The lowest BCUT2D eigenvalue weighted by atomic mass is 9.99. The number of hydrogen-bond donors (Lipinski definition) is 1. The van der Waals surface area contributed by atoms with Crippen molar-refractivity contribution in [2.45, 2.75) is 19.4 Å². The Hall–Kier alpha value is -1.10. The fourth-order valence-electron chi connectivity index (χ4n) is 2.51. The van der Waals surface area contributed by atoms with Crippen LogP contribution in [0.5, 0.6) is 0 Å². The maximum absolute atomic E-state index is 5.70. The molecule has 1 aliphatic rings. The van der Waals surface area contributed by atoms with E-state index in [0.717, 1.165) is 26.1 Å². The van der Waals surface area contributed by atoms with Crippen molar-refractivity contribution in [3.8, 4) is 0 Å². The van der Waals surface area contributed by atoms with Gasteiger partial charge < -0.3 is 20.1 Å². The Morgan fingerprint density at radius 2 is 2.16 bits per heavy atom. The van der Waals surface area contributed by atoms with Crippen LogP contribution < -0.4 is 10.6 Å². The van der Waals surface area contributed by atoms with E-state index in [2.05, 4.69) is 23.1 Å². The minimum absolute atomic E-state index is 0.618. The molecule has 0 atom stereocenters. The number of nitrogens with zero attached hydrogens (tertiary/aromatic N) is 1. The molecule has 0 bridgehead atoms. The van der Waals surface area contributed by atoms with E-state index in [1.165, 1.54) is 23.2 Å². The quantitative estimate of drug-likeness (QED) is 0.759. The minimum atomic E-state index is 0.618. The standard InChI is InChI=1S/C15H24N2O2/c1-18-9-10-19-8-7-17-6-2-3-14-11-13(12-16)4-5-15(14)17/h4-5,11H,2-3,6-10,12,16H2,1H3. The van der Waals surface area contributed by atoms with E-state index in [9.17, 15) is 0 Å². The Labute approximate surface area is 115 Å². The Morgan fingerprint density at radius 1 is 1.26 bits per heavy atom. The third kappa shape index (κ3) is 3.93. The molecule has 4 nitrogen and oxygen atoms in total. The fraction of sp³-hybridized carbons (Fsp3) is 0.600. The predicted molar refractivity (Wildman–Crippen MR) is 77.6 cm³/mol. The van der Waals surface area contributed by atoms with Crippen molar-refractivity contribution in [3.05, 3.63) is 29.3 Å². The van der Waals surface area contributed by atoms with Crippen LogP contribution in [0.25, 0.3) is 0 Å². The molecule has 4 heteroatoms. The van der Waals surface area contributed by atoms with Gasteiger partial charge in [0.25, 0.3) is 0 Å². The van der Waals surface area contributed by atoms with Gasteiger partial charge in [-0.3, -0.25) is 0 Å². The lowest BCUT2D eigenvalue weighted by Crippen LogP contribution is -2.32. The van der Waals surface area contributed by atoms with E-state index >= 15 is 0 Å². The molecule has 0 saturated heterocycles. The summed E-state index contributed by atoms with van der Waals surface area (Å²) < 4.78 is 10.5. The average molecular weight is 264 g/mol. The van der Waals surface area contributed by atoms with Gasteiger partial charge in [0.1, 0.15) is 0 Å². The zero-order valence-corrected chi connectivity index (χ0v) is 11.7. The maximum atomic E-state index is 5.70. The van der Waals surface area contributed by atoms with Crippen molar-refractivity contribution in [2.24, 2.45) is 5.73 Å². The minimum Gasteiger partial charge on any atom is -0.382 e. The van der Waals surface area contributed by atoms with Gasteiger partial charge in [0.15, 0.2) is 0 Å². The van der Waals surface area contributed by atoms with Crippen LogP contribution >= 0.6 is 0 Å². The molecule has 1 aromatic rings. The highest BCUT2D eigenvalue weighted by Crippen LogP contribution is 2.27. The van der Waals surface area contributed by atoms with Gasteiger partial charge in [-0.15, -0.1) is 0 Å². The molecule has 0 saturated carbocycles. The number of fused-ring (bicyclic) bond motifs is 1. The van der Waals surface area contributed by atoms with Crippen LogP contribution in [0, 0.1) is 0 Å². The molecule has 0 unspecified atom stereocenters. The van der Waals surface area contributed by atoms with Crippen LogP contribution in [0.4, 0.5) is 5.69 Å². The van der Waals surface area contributed by atoms with E-state index < -0.39 is 0 Å². The maximum Gasteiger partial charge on any atom is 0.0701 e. The van der Waals surface area contributed by atoms with E-state index in [1.807, 2.05) is 0 Å². The first kappa shape index (κ1) is 14.3. The molecule has 0 radical (unpaired) electrons. The van der Waals surface area contributed by atoms with Gasteiger partial charge >= 0.3 is 0 Å². The van der Waals surface area contributed by atoms with Gasteiger partial charge in [0.2, 0.25) is 0 Å². The Bertz CT molecular complexity index is 396. The first-order chi connectivity index (χ1) is 9.35. The highest BCUT2D eigenvalue weighted by molar-refractivity contribution is 5.56. The monoisotopic (exact) mass is 264 g/mol. The average Bonchev–Trinajstić information content (AvgIpc) is 2.46. The summed E-state index contributed by atoms with van der Waals surface area (Å²) in [4.78, 5) is 2.41. The summed E-state index contributed by atoms with van der Waals surface area (Å²) in [5.74, 6) is 0. The van der Waals surface area contributed by atoms with Crippen molar-refractivity contribution < 1.29 is 9.47 Å². The summed E-state index contributed by atoms with van der Waals surface area (Å²) in [5.41, 5.74) is 9.69. The first-order valence-corrected chi connectivity index (χ1v) is 6.98. The van der Waals surface area contributed by atoms with E-state index in [-0.39, 0.29) is 0 Å². The molecule has 1 heterocycles. The highest BCUT2D eigenvalue weighted by Gasteiger charge is 2.16. The van der Waals surface area contributed by atoms with Crippen molar-refractivity contribution in [3.63, 3.8) is 0 Å². The molecule has 1 aromatic carbocycles. The zero-order chi connectivity index (χ0) is 13.5. The summed E-state index contributed by atoms with van der Waals surface area (Å²) in [6.07, 6.45) is 2.36. The third-order valence-electron chi connectivity index (χ3n) is 3.53. The molecular formula is C15H24N2O2. The van der Waals surface area contributed by atoms with Crippen LogP contribution in [0.2, 0.25) is 0 Å². The zero-order valence-electron chi connectivity index (χ0n) is 11.7. The fourth-order valence-corrected chi connectivity index (χ4v) is 2.51. The second-order valence-corrected chi connectivity index (χ2v) is 4.86. The molecule has 2 rings (SSSR count). The smallest absolute Gasteiger partial charge is 0.0701 e. The largest absolute Gasteiger partial charge is 0.382 e.